The predicted octanol–water partition coefficient (Wildman–Crippen LogP) is 2.33. The Balaban J connectivity index is 2.44. The van der Waals surface area contributed by atoms with Crippen LogP contribution < -0.4 is 5.73 Å². The van der Waals surface area contributed by atoms with Gasteiger partial charge in [0.2, 0.25) is 0 Å². The summed E-state index contributed by atoms with van der Waals surface area (Å²) in [6.45, 7) is 9.67. The molecule has 0 aromatic heterocycles. The van der Waals surface area contributed by atoms with Crippen LogP contribution in [0.1, 0.15) is 47.0 Å². The van der Waals surface area contributed by atoms with Crippen LogP contribution in [0.2, 0.25) is 0 Å². The molecule has 5 heteroatoms. The van der Waals surface area contributed by atoms with Crippen molar-refractivity contribution in [3.63, 3.8) is 0 Å². The molecule has 1 rings (SSSR count). The van der Waals surface area contributed by atoms with Gasteiger partial charge in [-0.15, -0.1) is 0 Å². The third kappa shape index (κ3) is 5.93. The van der Waals surface area contributed by atoms with Crippen LogP contribution in [-0.2, 0) is 19.0 Å². The smallest absolute Gasteiger partial charge is 0.302 e. The largest absolute Gasteiger partial charge is 0.463 e. The lowest BCUT2D eigenvalue weighted by molar-refractivity contribution is -0.255. The van der Waals surface area contributed by atoms with E-state index in [9.17, 15) is 4.79 Å². The van der Waals surface area contributed by atoms with E-state index in [2.05, 4.69) is 20.8 Å². The fraction of sp³-hybridized carbons (Fsp3) is 0.938. The van der Waals surface area contributed by atoms with Gasteiger partial charge in [0.05, 0.1) is 6.10 Å². The third-order valence-electron chi connectivity index (χ3n) is 4.56. The molecule has 0 amide bonds. The van der Waals surface area contributed by atoms with Crippen molar-refractivity contribution in [2.45, 2.75) is 59.4 Å². The number of esters is 1. The van der Waals surface area contributed by atoms with Crippen molar-refractivity contribution in [1.82, 2.24) is 0 Å². The Morgan fingerprint density at radius 2 is 1.81 bits per heavy atom. The number of nitrogens with two attached hydrogens (primary N) is 1. The molecule has 2 unspecified atom stereocenters. The minimum Gasteiger partial charge on any atom is -0.463 e. The van der Waals surface area contributed by atoms with Crippen molar-refractivity contribution in [3.8, 4) is 0 Å². The number of carbonyl (C=O) groups excluding carboxylic acids is 1. The van der Waals surface area contributed by atoms with Gasteiger partial charge in [0.15, 0.2) is 6.29 Å². The van der Waals surface area contributed by atoms with Crippen molar-refractivity contribution in [3.05, 3.63) is 0 Å². The lowest BCUT2D eigenvalue weighted by atomic mass is 9.79. The highest BCUT2D eigenvalue weighted by atomic mass is 16.7. The van der Waals surface area contributed by atoms with Gasteiger partial charge in [-0.2, -0.15) is 0 Å². The molecular weight excluding hydrogens is 270 g/mol. The minimum absolute atomic E-state index is 0.0888. The van der Waals surface area contributed by atoms with E-state index < -0.39 is 0 Å². The van der Waals surface area contributed by atoms with E-state index in [0.29, 0.717) is 31.0 Å². The molecule has 0 saturated carbocycles. The molecule has 0 aliphatic carbocycles. The Kier molecular flexibility index (Phi) is 8.22. The highest BCUT2D eigenvalue weighted by molar-refractivity contribution is 5.65. The standard InChI is InChI=1S/C16H31NO4/c1-11-12(2)15(10-20-14(4)18)21-16(13(11)3)19-9-7-5-6-8-17/h11-13,15-16H,5-10,17H2,1-4H3/t11-,12+,13?,15?,16+/m0/s1. The molecule has 0 radical (unpaired) electrons. The van der Waals surface area contributed by atoms with Gasteiger partial charge in [-0.3, -0.25) is 4.79 Å². The van der Waals surface area contributed by atoms with Gasteiger partial charge in [-0.1, -0.05) is 20.8 Å². The van der Waals surface area contributed by atoms with Gasteiger partial charge in [0, 0.05) is 19.4 Å². The van der Waals surface area contributed by atoms with Gasteiger partial charge >= 0.3 is 5.97 Å². The van der Waals surface area contributed by atoms with Gasteiger partial charge in [-0.05, 0) is 37.6 Å². The van der Waals surface area contributed by atoms with Crippen LogP contribution in [0, 0.1) is 17.8 Å². The number of ether oxygens (including phenoxy) is 3. The molecule has 0 bridgehead atoms. The Bertz CT molecular complexity index is 311. The van der Waals surface area contributed by atoms with E-state index in [1.54, 1.807) is 0 Å². The van der Waals surface area contributed by atoms with Crippen molar-refractivity contribution >= 4 is 5.97 Å². The average molecular weight is 301 g/mol. The summed E-state index contributed by atoms with van der Waals surface area (Å²) in [4.78, 5) is 11.0. The van der Waals surface area contributed by atoms with Crippen LogP contribution in [0.4, 0.5) is 0 Å². The van der Waals surface area contributed by atoms with Crippen LogP contribution in [0.5, 0.6) is 0 Å². The highest BCUT2D eigenvalue weighted by Crippen LogP contribution is 2.35. The molecule has 0 spiro atoms. The number of hydrogen-bond donors (Lipinski definition) is 1. The third-order valence-corrected chi connectivity index (χ3v) is 4.56. The van der Waals surface area contributed by atoms with Crippen molar-refractivity contribution in [2.75, 3.05) is 19.8 Å². The second kappa shape index (κ2) is 9.38. The Hall–Kier alpha value is -0.650. The van der Waals surface area contributed by atoms with Crippen LogP contribution in [0.25, 0.3) is 0 Å². The maximum Gasteiger partial charge on any atom is 0.302 e. The molecule has 2 N–H and O–H groups in total. The van der Waals surface area contributed by atoms with Crippen LogP contribution in [0.15, 0.2) is 0 Å². The number of hydrogen-bond acceptors (Lipinski definition) is 5. The van der Waals surface area contributed by atoms with Gasteiger partial charge < -0.3 is 19.9 Å². The first kappa shape index (κ1) is 18.4. The number of carbonyl (C=O) groups is 1. The van der Waals surface area contributed by atoms with E-state index in [4.69, 9.17) is 19.9 Å². The normalized spacial score (nSPS) is 32.9. The first-order valence-corrected chi connectivity index (χ1v) is 8.07. The monoisotopic (exact) mass is 301 g/mol. The molecule has 1 saturated heterocycles. The molecule has 21 heavy (non-hydrogen) atoms. The van der Waals surface area contributed by atoms with E-state index in [1.807, 2.05) is 0 Å². The summed E-state index contributed by atoms with van der Waals surface area (Å²) in [5.74, 6) is 0.879. The summed E-state index contributed by atoms with van der Waals surface area (Å²) in [6.07, 6.45) is 2.82. The van der Waals surface area contributed by atoms with E-state index in [0.717, 1.165) is 25.8 Å². The van der Waals surface area contributed by atoms with E-state index in [1.165, 1.54) is 6.92 Å². The van der Waals surface area contributed by atoms with Gasteiger partial charge in [0.25, 0.3) is 0 Å². The Labute approximate surface area is 128 Å². The molecule has 0 aromatic rings. The highest BCUT2D eigenvalue weighted by Gasteiger charge is 2.39. The van der Waals surface area contributed by atoms with Gasteiger partial charge in [-0.25, -0.2) is 0 Å². The zero-order chi connectivity index (χ0) is 15.8. The number of unbranched alkanes of at least 4 members (excludes halogenated alkanes) is 2. The van der Waals surface area contributed by atoms with Gasteiger partial charge in [0.1, 0.15) is 6.61 Å². The summed E-state index contributed by atoms with van der Waals surface area (Å²) in [6, 6.07) is 0. The van der Waals surface area contributed by atoms with E-state index in [-0.39, 0.29) is 18.4 Å². The van der Waals surface area contributed by atoms with Crippen molar-refractivity contribution < 1.29 is 19.0 Å². The second-order valence-corrected chi connectivity index (χ2v) is 6.14. The topological polar surface area (TPSA) is 70.8 Å². The summed E-state index contributed by atoms with van der Waals surface area (Å²) in [7, 11) is 0. The molecule has 1 aliphatic heterocycles. The number of rotatable bonds is 8. The quantitative estimate of drug-likeness (QED) is 0.550. The molecular formula is C16H31NO4. The fourth-order valence-corrected chi connectivity index (χ4v) is 2.69. The predicted molar refractivity (Wildman–Crippen MR) is 81.6 cm³/mol. The lowest BCUT2D eigenvalue weighted by Gasteiger charge is -2.43. The molecule has 1 heterocycles. The average Bonchev–Trinajstić information content (AvgIpc) is 2.45. The maximum absolute atomic E-state index is 11.0. The first-order chi connectivity index (χ1) is 9.97. The molecule has 5 nitrogen and oxygen atoms in total. The molecule has 1 aliphatic rings. The molecule has 124 valence electrons. The van der Waals surface area contributed by atoms with Crippen LogP contribution in [-0.4, -0.2) is 38.1 Å². The summed E-state index contributed by atoms with van der Waals surface area (Å²) in [5.41, 5.74) is 5.48. The van der Waals surface area contributed by atoms with Crippen LogP contribution >= 0.6 is 0 Å². The Morgan fingerprint density at radius 1 is 1.10 bits per heavy atom. The summed E-state index contributed by atoms with van der Waals surface area (Å²) < 4.78 is 17.0. The van der Waals surface area contributed by atoms with Crippen molar-refractivity contribution in [1.29, 1.82) is 0 Å². The molecule has 0 aromatic carbocycles. The van der Waals surface area contributed by atoms with Crippen molar-refractivity contribution in [2.24, 2.45) is 23.5 Å². The second-order valence-electron chi connectivity index (χ2n) is 6.14. The Morgan fingerprint density at radius 3 is 2.43 bits per heavy atom. The zero-order valence-electron chi connectivity index (χ0n) is 13.8. The maximum atomic E-state index is 11.0. The summed E-state index contributed by atoms with van der Waals surface area (Å²) >= 11 is 0. The first-order valence-electron chi connectivity index (χ1n) is 8.07. The van der Waals surface area contributed by atoms with Crippen LogP contribution in [0.3, 0.4) is 0 Å². The fourth-order valence-electron chi connectivity index (χ4n) is 2.69. The SMILES string of the molecule is CC(=O)OCC1O[C@@H](OCCCCCN)C(C)[C@@H](C)[C@H]1C. The minimum atomic E-state index is -0.267. The molecule has 1 fully saturated rings. The zero-order valence-corrected chi connectivity index (χ0v) is 13.8. The lowest BCUT2D eigenvalue weighted by Crippen LogP contribution is -2.47. The summed E-state index contributed by atoms with van der Waals surface area (Å²) in [5, 5.41) is 0. The van der Waals surface area contributed by atoms with E-state index >= 15 is 0 Å². The molecule has 5 atom stereocenters.